The first-order valence-corrected chi connectivity index (χ1v) is 6.93. The lowest BCUT2D eigenvalue weighted by Crippen LogP contribution is -2.38. The molecular formula is C15H18N4O. The monoisotopic (exact) mass is 270 g/mol. The Morgan fingerprint density at radius 1 is 1.45 bits per heavy atom. The van der Waals surface area contributed by atoms with Crippen molar-refractivity contribution in [3.63, 3.8) is 0 Å². The van der Waals surface area contributed by atoms with E-state index in [0.717, 1.165) is 31.6 Å². The summed E-state index contributed by atoms with van der Waals surface area (Å²) in [7, 11) is 0. The average molecular weight is 270 g/mol. The van der Waals surface area contributed by atoms with Gasteiger partial charge in [-0.25, -0.2) is 4.98 Å². The van der Waals surface area contributed by atoms with Crippen molar-refractivity contribution in [2.45, 2.75) is 32.4 Å². The summed E-state index contributed by atoms with van der Waals surface area (Å²) < 4.78 is 2.03. The largest absolute Gasteiger partial charge is 0.335 e. The second-order valence-corrected chi connectivity index (χ2v) is 5.24. The molecule has 3 rings (SSSR count). The van der Waals surface area contributed by atoms with Crippen LogP contribution in [0, 0.1) is 6.92 Å². The molecule has 5 heteroatoms. The predicted octanol–water partition coefficient (Wildman–Crippen LogP) is 1.89. The summed E-state index contributed by atoms with van der Waals surface area (Å²) in [6.07, 6.45) is 9.28. The summed E-state index contributed by atoms with van der Waals surface area (Å²) in [6, 6.07) is 3.99. The number of carbonyl (C=O) groups is 1. The Morgan fingerprint density at radius 2 is 2.35 bits per heavy atom. The number of pyridine rings is 1. The van der Waals surface area contributed by atoms with Gasteiger partial charge in [-0.2, -0.15) is 0 Å². The van der Waals surface area contributed by atoms with Crippen LogP contribution >= 0.6 is 0 Å². The summed E-state index contributed by atoms with van der Waals surface area (Å²) in [6.45, 7) is 3.56. The Morgan fingerprint density at radius 3 is 3.05 bits per heavy atom. The van der Waals surface area contributed by atoms with Crippen LogP contribution in [0.25, 0.3) is 0 Å². The van der Waals surface area contributed by atoms with Gasteiger partial charge in [-0.1, -0.05) is 0 Å². The Kier molecular flexibility index (Phi) is 3.50. The van der Waals surface area contributed by atoms with E-state index >= 15 is 0 Å². The van der Waals surface area contributed by atoms with E-state index in [4.69, 9.17) is 0 Å². The van der Waals surface area contributed by atoms with Crippen molar-refractivity contribution < 1.29 is 4.79 Å². The lowest BCUT2D eigenvalue weighted by Gasteiger charge is -2.25. The van der Waals surface area contributed by atoms with Crippen LogP contribution < -0.4 is 0 Å². The maximum atomic E-state index is 12.6. The number of imidazole rings is 1. The van der Waals surface area contributed by atoms with Crippen LogP contribution in [0.3, 0.4) is 0 Å². The highest BCUT2D eigenvalue weighted by Gasteiger charge is 2.29. The highest BCUT2D eigenvalue weighted by atomic mass is 16.2. The molecule has 0 unspecified atom stereocenters. The Bertz CT molecular complexity index is 576. The smallest absolute Gasteiger partial charge is 0.255 e. The molecule has 2 aromatic heterocycles. The van der Waals surface area contributed by atoms with Crippen LogP contribution in [0.5, 0.6) is 0 Å². The fourth-order valence-corrected chi connectivity index (χ4v) is 2.69. The van der Waals surface area contributed by atoms with Gasteiger partial charge in [0.15, 0.2) is 0 Å². The van der Waals surface area contributed by atoms with Gasteiger partial charge in [0.25, 0.3) is 5.91 Å². The number of rotatable bonds is 3. The van der Waals surface area contributed by atoms with E-state index in [1.165, 1.54) is 0 Å². The maximum Gasteiger partial charge on any atom is 0.255 e. The van der Waals surface area contributed by atoms with Crippen molar-refractivity contribution in [1.29, 1.82) is 0 Å². The SMILES string of the molecule is Cc1ccc(C(=O)N2CCC[C@@H]2Cn2ccnc2)cn1. The van der Waals surface area contributed by atoms with Crippen molar-refractivity contribution in [2.75, 3.05) is 6.54 Å². The van der Waals surface area contributed by atoms with E-state index < -0.39 is 0 Å². The van der Waals surface area contributed by atoms with Crippen molar-refractivity contribution >= 4 is 5.91 Å². The Labute approximate surface area is 118 Å². The molecule has 20 heavy (non-hydrogen) atoms. The molecule has 5 nitrogen and oxygen atoms in total. The average Bonchev–Trinajstić information content (AvgIpc) is 3.11. The van der Waals surface area contributed by atoms with Gasteiger partial charge < -0.3 is 9.47 Å². The maximum absolute atomic E-state index is 12.6. The molecule has 3 heterocycles. The molecule has 0 N–H and O–H groups in total. The summed E-state index contributed by atoms with van der Waals surface area (Å²) in [5, 5.41) is 0. The zero-order chi connectivity index (χ0) is 13.9. The molecule has 0 aromatic carbocycles. The molecule has 1 aliphatic heterocycles. The van der Waals surface area contributed by atoms with Gasteiger partial charge in [0.1, 0.15) is 0 Å². The van der Waals surface area contributed by atoms with E-state index in [9.17, 15) is 4.79 Å². The first kappa shape index (κ1) is 12.8. The fraction of sp³-hybridized carbons (Fsp3) is 0.400. The molecule has 1 saturated heterocycles. The fourth-order valence-electron chi connectivity index (χ4n) is 2.69. The number of likely N-dealkylation sites (tertiary alicyclic amines) is 1. The van der Waals surface area contributed by atoms with Gasteiger partial charge >= 0.3 is 0 Å². The number of hydrogen-bond acceptors (Lipinski definition) is 3. The third-order valence-electron chi connectivity index (χ3n) is 3.78. The third kappa shape index (κ3) is 2.57. The Balaban J connectivity index is 1.74. The second-order valence-electron chi connectivity index (χ2n) is 5.24. The van der Waals surface area contributed by atoms with Gasteiger partial charge in [0.05, 0.1) is 11.9 Å². The van der Waals surface area contributed by atoms with E-state index in [2.05, 4.69) is 9.97 Å². The molecule has 0 aliphatic carbocycles. The van der Waals surface area contributed by atoms with Crippen LogP contribution in [-0.4, -0.2) is 37.9 Å². The van der Waals surface area contributed by atoms with Crippen LogP contribution in [0.1, 0.15) is 28.9 Å². The van der Waals surface area contributed by atoms with Crippen LogP contribution in [0.15, 0.2) is 37.1 Å². The topological polar surface area (TPSA) is 51.0 Å². The number of amides is 1. The summed E-state index contributed by atoms with van der Waals surface area (Å²) in [5.41, 5.74) is 1.60. The van der Waals surface area contributed by atoms with Gasteiger partial charge in [-0.3, -0.25) is 9.78 Å². The minimum absolute atomic E-state index is 0.0834. The van der Waals surface area contributed by atoms with Crippen LogP contribution in [0.4, 0.5) is 0 Å². The quantitative estimate of drug-likeness (QED) is 0.856. The van der Waals surface area contributed by atoms with Gasteiger partial charge in [0, 0.05) is 43.4 Å². The van der Waals surface area contributed by atoms with E-state index in [0.29, 0.717) is 5.56 Å². The van der Waals surface area contributed by atoms with Crippen LogP contribution in [-0.2, 0) is 6.54 Å². The lowest BCUT2D eigenvalue weighted by molar-refractivity contribution is 0.0724. The first-order chi connectivity index (χ1) is 9.74. The lowest BCUT2D eigenvalue weighted by atomic mass is 10.2. The van der Waals surface area contributed by atoms with Crippen molar-refractivity contribution in [2.24, 2.45) is 0 Å². The summed E-state index contributed by atoms with van der Waals surface area (Å²) >= 11 is 0. The highest BCUT2D eigenvalue weighted by Crippen LogP contribution is 2.21. The number of nitrogens with zero attached hydrogens (tertiary/aromatic N) is 4. The molecular weight excluding hydrogens is 252 g/mol. The number of aromatic nitrogens is 3. The normalized spacial score (nSPS) is 18.4. The molecule has 1 fully saturated rings. The standard InChI is InChI=1S/C15H18N4O/c1-12-4-5-13(9-17-12)15(20)19-7-2-3-14(19)10-18-8-6-16-11-18/h4-6,8-9,11,14H,2-3,7,10H2,1H3/t14-/m1/s1. The number of carbonyl (C=O) groups excluding carboxylic acids is 1. The summed E-state index contributed by atoms with van der Waals surface area (Å²) in [4.78, 5) is 22.8. The summed E-state index contributed by atoms with van der Waals surface area (Å²) in [5.74, 6) is 0.0834. The first-order valence-electron chi connectivity index (χ1n) is 6.93. The third-order valence-corrected chi connectivity index (χ3v) is 3.78. The molecule has 104 valence electrons. The van der Waals surface area contributed by atoms with Gasteiger partial charge in [-0.05, 0) is 31.9 Å². The van der Waals surface area contributed by atoms with E-state index in [1.54, 1.807) is 18.7 Å². The number of hydrogen-bond donors (Lipinski definition) is 0. The van der Waals surface area contributed by atoms with Gasteiger partial charge in [0.2, 0.25) is 0 Å². The van der Waals surface area contributed by atoms with Crippen molar-refractivity contribution in [3.05, 3.63) is 48.3 Å². The molecule has 0 radical (unpaired) electrons. The molecule has 2 aromatic rings. The van der Waals surface area contributed by atoms with Crippen LogP contribution in [0.2, 0.25) is 0 Å². The zero-order valence-electron chi connectivity index (χ0n) is 11.6. The molecule has 1 atom stereocenters. The zero-order valence-corrected chi connectivity index (χ0v) is 11.6. The molecule has 1 aliphatic rings. The van der Waals surface area contributed by atoms with E-state index in [1.807, 2.05) is 34.7 Å². The molecule has 0 spiro atoms. The Hall–Kier alpha value is -2.17. The van der Waals surface area contributed by atoms with E-state index in [-0.39, 0.29) is 11.9 Å². The second kappa shape index (κ2) is 5.45. The molecule has 0 saturated carbocycles. The minimum Gasteiger partial charge on any atom is -0.335 e. The predicted molar refractivity (Wildman–Crippen MR) is 75.3 cm³/mol. The number of aryl methyl sites for hydroxylation is 1. The molecule has 1 amide bonds. The van der Waals surface area contributed by atoms with Crippen molar-refractivity contribution in [3.8, 4) is 0 Å². The molecule has 0 bridgehead atoms. The minimum atomic E-state index is 0.0834. The van der Waals surface area contributed by atoms with Crippen molar-refractivity contribution in [1.82, 2.24) is 19.4 Å². The highest BCUT2D eigenvalue weighted by molar-refractivity contribution is 5.94. The van der Waals surface area contributed by atoms with Gasteiger partial charge in [-0.15, -0.1) is 0 Å².